The molecule has 0 aromatic carbocycles. The summed E-state index contributed by atoms with van der Waals surface area (Å²) in [6.45, 7) is 2.22. The Morgan fingerprint density at radius 3 is 2.71 bits per heavy atom. The third-order valence-electron chi connectivity index (χ3n) is 0.891. The van der Waals surface area contributed by atoms with Gasteiger partial charge >= 0.3 is 53.9 Å². The maximum atomic E-state index is 2.57. The van der Waals surface area contributed by atoms with Crippen molar-refractivity contribution in [3.63, 3.8) is 0 Å². The van der Waals surface area contributed by atoms with Crippen LogP contribution >= 0.6 is 0 Å². The number of hydrogen-bond donors (Lipinski definition) is 0. The normalized spacial score (nSPS) is 9.43. The molecule has 0 saturated heterocycles. The Kier molecular flexibility index (Phi) is 7.00. The van der Waals surface area contributed by atoms with Gasteiger partial charge in [0.2, 0.25) is 0 Å². The van der Waals surface area contributed by atoms with E-state index in [0.29, 0.717) is 0 Å². The summed E-state index contributed by atoms with van der Waals surface area (Å²) in [5.41, 5.74) is 0. The SMILES string of the molecule is CCCC[CH]C[SeH]. The van der Waals surface area contributed by atoms with Crippen molar-refractivity contribution in [3.8, 4) is 0 Å². The molecule has 0 N–H and O–H groups in total. The van der Waals surface area contributed by atoms with Crippen molar-refractivity contribution in [2.75, 3.05) is 0 Å². The van der Waals surface area contributed by atoms with Gasteiger partial charge in [0.15, 0.2) is 0 Å². The average molecular weight is 164 g/mol. The molecule has 0 atom stereocenters. The van der Waals surface area contributed by atoms with Gasteiger partial charge in [-0.05, 0) is 0 Å². The van der Waals surface area contributed by atoms with Crippen LogP contribution in [-0.4, -0.2) is 16.0 Å². The predicted molar refractivity (Wildman–Crippen MR) is 35.8 cm³/mol. The zero-order valence-corrected chi connectivity index (χ0v) is 6.73. The number of unbranched alkanes of at least 4 members (excludes halogenated alkanes) is 3. The molecule has 0 spiro atoms. The first kappa shape index (κ1) is 7.52. The van der Waals surface area contributed by atoms with Crippen LogP contribution in [0.1, 0.15) is 26.2 Å². The fraction of sp³-hybridized carbons (Fsp3) is 0.833. The molecule has 0 nitrogen and oxygen atoms in total. The van der Waals surface area contributed by atoms with E-state index in [4.69, 9.17) is 0 Å². The molecule has 0 aromatic rings. The van der Waals surface area contributed by atoms with E-state index >= 15 is 0 Å². The van der Waals surface area contributed by atoms with Crippen LogP contribution in [0.15, 0.2) is 0 Å². The van der Waals surface area contributed by atoms with Gasteiger partial charge in [0.25, 0.3) is 0 Å². The topological polar surface area (TPSA) is 0 Å². The molecule has 0 rings (SSSR count). The van der Waals surface area contributed by atoms with Crippen molar-refractivity contribution in [1.82, 2.24) is 0 Å². The van der Waals surface area contributed by atoms with Gasteiger partial charge in [-0.3, -0.25) is 0 Å². The Hall–Kier alpha value is 0.519. The molecule has 0 bridgehead atoms. The Labute approximate surface area is 54.5 Å². The van der Waals surface area contributed by atoms with E-state index in [1.54, 1.807) is 0 Å². The molecule has 0 aromatic heterocycles. The van der Waals surface area contributed by atoms with Gasteiger partial charge in [0, 0.05) is 0 Å². The molecule has 0 unspecified atom stereocenters. The van der Waals surface area contributed by atoms with Crippen LogP contribution in [0.2, 0.25) is 5.32 Å². The van der Waals surface area contributed by atoms with Crippen LogP contribution in [-0.2, 0) is 0 Å². The molecule has 0 fully saturated rings. The second-order valence-corrected chi connectivity index (χ2v) is 2.38. The molecule has 0 aliphatic heterocycles. The minimum atomic E-state index is 1.17. The number of hydrogen-bond acceptors (Lipinski definition) is 0. The summed E-state index contributed by atoms with van der Waals surface area (Å²) in [6, 6.07) is 0. The van der Waals surface area contributed by atoms with Crippen LogP contribution in [0, 0.1) is 6.42 Å². The van der Waals surface area contributed by atoms with E-state index in [9.17, 15) is 0 Å². The van der Waals surface area contributed by atoms with E-state index in [1.165, 1.54) is 24.6 Å². The van der Waals surface area contributed by atoms with Crippen molar-refractivity contribution >= 4 is 16.0 Å². The fourth-order valence-corrected chi connectivity index (χ4v) is 0.823. The molecular formula is C6H13Se. The molecule has 7 heavy (non-hydrogen) atoms. The second-order valence-electron chi connectivity index (χ2n) is 1.61. The first-order valence-corrected chi connectivity index (χ1v) is 4.17. The third-order valence-corrected chi connectivity index (χ3v) is 1.43. The fourth-order valence-electron chi connectivity index (χ4n) is 0.440. The van der Waals surface area contributed by atoms with Crippen molar-refractivity contribution in [2.45, 2.75) is 31.5 Å². The minimum absolute atomic E-state index is 1.17. The first-order chi connectivity index (χ1) is 3.41. The van der Waals surface area contributed by atoms with E-state index in [2.05, 4.69) is 29.4 Å². The molecule has 0 aliphatic rings. The Morgan fingerprint density at radius 2 is 2.29 bits per heavy atom. The zero-order chi connectivity index (χ0) is 5.54. The monoisotopic (exact) mass is 165 g/mol. The second kappa shape index (κ2) is 6.52. The van der Waals surface area contributed by atoms with Gasteiger partial charge in [0.05, 0.1) is 0 Å². The van der Waals surface area contributed by atoms with E-state index in [-0.39, 0.29) is 0 Å². The third kappa shape index (κ3) is 6.52. The molecule has 0 heterocycles. The van der Waals surface area contributed by atoms with E-state index in [0.717, 1.165) is 0 Å². The Morgan fingerprint density at radius 1 is 1.57 bits per heavy atom. The standard InChI is InChI=1S/C6H13Se/c1-2-3-4-5-6-7/h5,7H,2-4,6H2,1H3. The summed E-state index contributed by atoms with van der Waals surface area (Å²) in [5, 5.41) is 1.17. The summed E-state index contributed by atoms with van der Waals surface area (Å²) in [7, 11) is 0. The Balaban J connectivity index is 2.45. The maximum absolute atomic E-state index is 2.57. The van der Waals surface area contributed by atoms with Crippen LogP contribution < -0.4 is 0 Å². The first-order valence-electron chi connectivity index (χ1n) is 2.84. The molecule has 0 aliphatic carbocycles. The van der Waals surface area contributed by atoms with Crippen molar-refractivity contribution in [3.05, 3.63) is 6.42 Å². The molecule has 0 amide bonds. The van der Waals surface area contributed by atoms with Crippen LogP contribution in [0.4, 0.5) is 0 Å². The molecule has 0 saturated carbocycles. The van der Waals surface area contributed by atoms with Crippen molar-refractivity contribution in [2.24, 2.45) is 0 Å². The summed E-state index contributed by atoms with van der Waals surface area (Å²) in [6.07, 6.45) is 6.29. The molecular weight excluding hydrogens is 151 g/mol. The molecule has 1 heteroatoms. The average Bonchev–Trinajstić information content (AvgIpc) is 1.69. The van der Waals surface area contributed by atoms with E-state index < -0.39 is 0 Å². The molecule has 1 radical (unpaired) electrons. The van der Waals surface area contributed by atoms with Gasteiger partial charge in [-0.25, -0.2) is 0 Å². The Bertz CT molecular complexity index is 23.4. The van der Waals surface area contributed by atoms with E-state index in [1.807, 2.05) is 0 Å². The van der Waals surface area contributed by atoms with Gasteiger partial charge in [-0.15, -0.1) is 0 Å². The van der Waals surface area contributed by atoms with Gasteiger partial charge in [0.1, 0.15) is 0 Å². The van der Waals surface area contributed by atoms with Crippen LogP contribution in [0.5, 0.6) is 0 Å². The van der Waals surface area contributed by atoms with Gasteiger partial charge in [-0.1, -0.05) is 0 Å². The number of rotatable bonds is 4. The predicted octanol–water partition coefficient (Wildman–Crippen LogP) is 1.70. The summed E-state index contributed by atoms with van der Waals surface area (Å²) >= 11 is 2.57. The quantitative estimate of drug-likeness (QED) is 0.438. The summed E-state index contributed by atoms with van der Waals surface area (Å²) < 4.78 is 0. The van der Waals surface area contributed by atoms with Crippen LogP contribution in [0.25, 0.3) is 0 Å². The van der Waals surface area contributed by atoms with Crippen molar-refractivity contribution < 1.29 is 0 Å². The van der Waals surface area contributed by atoms with Gasteiger partial charge in [-0.2, -0.15) is 0 Å². The van der Waals surface area contributed by atoms with Gasteiger partial charge < -0.3 is 0 Å². The zero-order valence-electron chi connectivity index (χ0n) is 4.85. The summed E-state index contributed by atoms with van der Waals surface area (Å²) in [4.78, 5) is 0. The van der Waals surface area contributed by atoms with Crippen LogP contribution in [0.3, 0.4) is 0 Å². The molecule has 43 valence electrons. The van der Waals surface area contributed by atoms with Crippen molar-refractivity contribution in [1.29, 1.82) is 0 Å². The summed E-state index contributed by atoms with van der Waals surface area (Å²) in [5.74, 6) is 0.